The van der Waals surface area contributed by atoms with Gasteiger partial charge in [0, 0.05) is 12.5 Å². The highest BCUT2D eigenvalue weighted by Gasteiger charge is 2.74. The van der Waals surface area contributed by atoms with E-state index in [1.807, 2.05) is 25.3 Å². The molecular formula is C28H26N2O6. The third-order valence-corrected chi connectivity index (χ3v) is 8.89. The zero-order valence-corrected chi connectivity index (χ0v) is 20.3. The molecule has 0 aromatic heterocycles. The van der Waals surface area contributed by atoms with Crippen LogP contribution in [0.5, 0.6) is 11.5 Å². The standard InChI is InChI=1S/C28H26N2O6/c1-15(31)36-28-11-10-19(30-25(32)17-6-4-5-7-18(17)26(30)33)24-27(28)12-13-29(2)21(28)14-16-8-9-20(34-3)23(35-24)22(16)27/h4-11,19,21,24H,12-14H2,1-3H3/t19-,21-,24+,27+,28-/m1/s1. The summed E-state index contributed by atoms with van der Waals surface area (Å²) in [6.07, 6.45) is 4.44. The van der Waals surface area contributed by atoms with Crippen LogP contribution >= 0.6 is 0 Å². The second kappa shape index (κ2) is 6.97. The number of amides is 2. The van der Waals surface area contributed by atoms with Crippen molar-refractivity contribution in [3.8, 4) is 11.5 Å². The van der Waals surface area contributed by atoms with Gasteiger partial charge in [-0.15, -0.1) is 0 Å². The van der Waals surface area contributed by atoms with Crippen molar-refractivity contribution >= 4 is 17.8 Å². The van der Waals surface area contributed by atoms with Crippen molar-refractivity contribution in [3.05, 3.63) is 70.8 Å². The first-order valence-electron chi connectivity index (χ1n) is 12.3. The number of carbonyl (C=O) groups is 3. The first kappa shape index (κ1) is 21.6. The summed E-state index contributed by atoms with van der Waals surface area (Å²) in [5, 5.41) is 0. The summed E-state index contributed by atoms with van der Waals surface area (Å²) >= 11 is 0. The maximum absolute atomic E-state index is 13.5. The van der Waals surface area contributed by atoms with Crippen molar-refractivity contribution in [2.45, 2.75) is 49.0 Å². The number of imide groups is 1. The summed E-state index contributed by atoms with van der Waals surface area (Å²) in [7, 11) is 3.65. The molecule has 2 aliphatic carbocycles. The largest absolute Gasteiger partial charge is 0.493 e. The molecule has 2 bridgehead atoms. The molecule has 0 N–H and O–H groups in total. The average molecular weight is 487 g/mol. The van der Waals surface area contributed by atoms with Crippen LogP contribution in [0.3, 0.4) is 0 Å². The zero-order valence-electron chi connectivity index (χ0n) is 20.3. The molecule has 2 aromatic carbocycles. The highest BCUT2D eigenvalue weighted by atomic mass is 16.6. The predicted octanol–water partition coefficient (Wildman–Crippen LogP) is 2.49. The summed E-state index contributed by atoms with van der Waals surface area (Å²) in [6.45, 7) is 2.18. The molecule has 0 saturated carbocycles. The Morgan fingerprint density at radius 3 is 2.50 bits per heavy atom. The summed E-state index contributed by atoms with van der Waals surface area (Å²) in [5.74, 6) is 0.150. The van der Waals surface area contributed by atoms with Crippen LogP contribution in [0.2, 0.25) is 0 Å². The van der Waals surface area contributed by atoms with Crippen LogP contribution in [0.1, 0.15) is 45.2 Å². The minimum absolute atomic E-state index is 0.118. The van der Waals surface area contributed by atoms with Crippen molar-refractivity contribution in [3.63, 3.8) is 0 Å². The van der Waals surface area contributed by atoms with Gasteiger partial charge in [-0.05, 0) is 56.3 Å². The Morgan fingerprint density at radius 2 is 1.83 bits per heavy atom. The number of benzene rings is 2. The summed E-state index contributed by atoms with van der Waals surface area (Å²) in [4.78, 5) is 43.2. The Balaban J connectivity index is 1.48. The smallest absolute Gasteiger partial charge is 0.303 e. The molecule has 1 saturated heterocycles. The van der Waals surface area contributed by atoms with Crippen LogP contribution in [0, 0.1) is 0 Å². The SMILES string of the molecule is COc1ccc2c3c1O[C@H]1[C@H](N4C(=O)c5ccccc5C4=O)C=C[C@@]4(OC(C)=O)[C@@H](C2)N(C)CC[C@]314. The van der Waals surface area contributed by atoms with Crippen LogP contribution in [-0.4, -0.2) is 72.1 Å². The normalized spacial score (nSPS) is 33.2. The van der Waals surface area contributed by atoms with Gasteiger partial charge in [0.05, 0.1) is 35.7 Å². The summed E-state index contributed by atoms with van der Waals surface area (Å²) in [6, 6.07) is 10.1. The molecule has 1 fully saturated rings. The predicted molar refractivity (Wildman–Crippen MR) is 128 cm³/mol. The maximum Gasteiger partial charge on any atom is 0.303 e. The first-order valence-corrected chi connectivity index (χ1v) is 12.3. The van der Waals surface area contributed by atoms with E-state index in [-0.39, 0.29) is 23.8 Å². The Kier molecular flexibility index (Phi) is 4.19. The molecule has 36 heavy (non-hydrogen) atoms. The molecule has 5 atom stereocenters. The van der Waals surface area contributed by atoms with Crippen molar-refractivity contribution in [2.24, 2.45) is 0 Å². The van der Waals surface area contributed by atoms with Gasteiger partial charge in [-0.2, -0.15) is 0 Å². The Hall–Kier alpha value is -3.65. The lowest BCUT2D eigenvalue weighted by Gasteiger charge is -2.63. The quantitative estimate of drug-likeness (QED) is 0.374. The number of piperidine rings is 1. The fraction of sp³-hybridized carbons (Fsp3) is 0.393. The Morgan fingerprint density at radius 1 is 1.11 bits per heavy atom. The maximum atomic E-state index is 13.5. The number of esters is 1. The van der Waals surface area contributed by atoms with Gasteiger partial charge in [0.2, 0.25) is 0 Å². The van der Waals surface area contributed by atoms with Gasteiger partial charge in [0.15, 0.2) is 17.1 Å². The topological polar surface area (TPSA) is 85.4 Å². The van der Waals surface area contributed by atoms with Crippen LogP contribution < -0.4 is 9.47 Å². The molecule has 5 aliphatic rings. The van der Waals surface area contributed by atoms with E-state index in [1.165, 1.54) is 11.8 Å². The zero-order chi connectivity index (χ0) is 25.0. The number of hydrogen-bond acceptors (Lipinski definition) is 7. The van der Waals surface area contributed by atoms with E-state index >= 15 is 0 Å². The van der Waals surface area contributed by atoms with E-state index in [1.54, 1.807) is 31.4 Å². The molecule has 3 aliphatic heterocycles. The third-order valence-electron chi connectivity index (χ3n) is 8.89. The van der Waals surface area contributed by atoms with Crippen LogP contribution in [0.4, 0.5) is 0 Å². The highest BCUT2D eigenvalue weighted by Crippen LogP contribution is 2.65. The van der Waals surface area contributed by atoms with Gasteiger partial charge in [0.1, 0.15) is 6.10 Å². The lowest BCUT2D eigenvalue weighted by Crippen LogP contribution is -2.77. The van der Waals surface area contributed by atoms with Crippen molar-refractivity contribution in [2.75, 3.05) is 20.7 Å². The second-order valence-corrected chi connectivity index (χ2v) is 10.4. The molecule has 2 aromatic rings. The number of likely N-dealkylation sites (N-methyl/N-ethyl adjacent to an activating group) is 1. The molecule has 184 valence electrons. The third kappa shape index (κ3) is 2.31. The molecule has 8 heteroatoms. The molecule has 7 rings (SSSR count). The van der Waals surface area contributed by atoms with Gasteiger partial charge in [0.25, 0.3) is 11.8 Å². The molecule has 8 nitrogen and oxygen atoms in total. The minimum Gasteiger partial charge on any atom is -0.493 e. The fourth-order valence-corrected chi connectivity index (χ4v) is 7.53. The summed E-state index contributed by atoms with van der Waals surface area (Å²) in [5.41, 5.74) is 1.10. The summed E-state index contributed by atoms with van der Waals surface area (Å²) < 4.78 is 18.7. The van der Waals surface area contributed by atoms with Gasteiger partial charge < -0.3 is 14.2 Å². The molecule has 2 amide bonds. The number of carbonyl (C=O) groups excluding carboxylic acids is 3. The lowest BCUT2D eigenvalue weighted by atomic mass is 9.50. The molecule has 3 heterocycles. The molecule has 0 unspecified atom stereocenters. The van der Waals surface area contributed by atoms with E-state index in [9.17, 15) is 14.4 Å². The fourth-order valence-electron chi connectivity index (χ4n) is 7.53. The Labute approximate surface area is 208 Å². The molecular weight excluding hydrogens is 460 g/mol. The van der Waals surface area contributed by atoms with E-state index in [2.05, 4.69) is 11.0 Å². The first-order chi connectivity index (χ1) is 17.3. The van der Waals surface area contributed by atoms with Gasteiger partial charge >= 0.3 is 5.97 Å². The Bertz CT molecular complexity index is 1370. The monoisotopic (exact) mass is 486 g/mol. The second-order valence-electron chi connectivity index (χ2n) is 10.4. The molecule has 1 spiro atoms. The number of ether oxygens (including phenoxy) is 3. The average Bonchev–Trinajstić information content (AvgIpc) is 3.34. The number of likely N-dealkylation sites (tertiary alicyclic amines) is 1. The van der Waals surface area contributed by atoms with Gasteiger partial charge in [-0.1, -0.05) is 24.3 Å². The van der Waals surface area contributed by atoms with Crippen molar-refractivity contribution < 1.29 is 28.6 Å². The lowest BCUT2D eigenvalue weighted by molar-refractivity contribution is -0.190. The van der Waals surface area contributed by atoms with E-state index < -0.39 is 23.2 Å². The van der Waals surface area contributed by atoms with E-state index in [4.69, 9.17) is 14.2 Å². The van der Waals surface area contributed by atoms with Crippen molar-refractivity contribution in [1.82, 2.24) is 9.80 Å². The van der Waals surface area contributed by atoms with Crippen LogP contribution in [0.25, 0.3) is 0 Å². The number of methoxy groups -OCH3 is 1. The highest BCUT2D eigenvalue weighted by molar-refractivity contribution is 6.21. The molecule has 0 radical (unpaired) electrons. The van der Waals surface area contributed by atoms with Crippen LogP contribution in [0.15, 0.2) is 48.6 Å². The minimum atomic E-state index is -1.00. The number of nitrogens with zero attached hydrogens (tertiary/aromatic N) is 2. The number of rotatable bonds is 3. The number of hydrogen-bond donors (Lipinski definition) is 0. The van der Waals surface area contributed by atoms with Crippen molar-refractivity contribution in [1.29, 1.82) is 0 Å². The van der Waals surface area contributed by atoms with E-state index in [0.717, 1.165) is 17.7 Å². The van der Waals surface area contributed by atoms with Gasteiger partial charge in [-0.25, -0.2) is 0 Å². The van der Waals surface area contributed by atoms with Crippen LogP contribution in [-0.2, 0) is 21.4 Å². The number of fused-ring (bicyclic) bond motifs is 1. The van der Waals surface area contributed by atoms with Gasteiger partial charge in [-0.3, -0.25) is 24.2 Å². The van der Waals surface area contributed by atoms with E-state index in [0.29, 0.717) is 35.5 Å².